The first-order valence-electron chi connectivity index (χ1n) is 5.97. The summed E-state index contributed by atoms with van der Waals surface area (Å²) in [6.45, 7) is 1.70. The molecule has 0 atom stereocenters. The van der Waals surface area contributed by atoms with E-state index in [1.165, 1.54) is 30.3 Å². The van der Waals surface area contributed by atoms with E-state index in [4.69, 9.17) is 21.5 Å². The second-order valence-corrected chi connectivity index (χ2v) is 6.49. The summed E-state index contributed by atoms with van der Waals surface area (Å²) in [6.07, 6.45) is 0. The van der Waals surface area contributed by atoms with Gasteiger partial charge in [-0.25, -0.2) is 17.9 Å². The third-order valence-corrected chi connectivity index (χ3v) is 4.02. The smallest absolute Gasteiger partial charge is 0.238 e. The first-order chi connectivity index (χ1) is 9.77. The van der Waals surface area contributed by atoms with Gasteiger partial charge >= 0.3 is 0 Å². The molecular formula is C14H13ClFNO3S. The fourth-order valence-electron chi connectivity index (χ4n) is 1.76. The Hall–Kier alpha value is -1.63. The fraction of sp³-hybridized carbons (Fsp3) is 0.143. The van der Waals surface area contributed by atoms with Gasteiger partial charge in [0.15, 0.2) is 0 Å². The van der Waals surface area contributed by atoms with E-state index < -0.39 is 15.8 Å². The fourth-order valence-corrected chi connectivity index (χ4v) is 2.51. The molecule has 0 heterocycles. The van der Waals surface area contributed by atoms with Crippen molar-refractivity contribution < 1.29 is 17.5 Å². The molecule has 0 unspecified atom stereocenters. The van der Waals surface area contributed by atoms with E-state index in [1.807, 2.05) is 0 Å². The minimum Gasteiger partial charge on any atom is -0.489 e. The highest BCUT2D eigenvalue weighted by molar-refractivity contribution is 7.89. The van der Waals surface area contributed by atoms with Crippen molar-refractivity contribution >= 4 is 21.6 Å². The zero-order valence-electron chi connectivity index (χ0n) is 11.1. The molecule has 21 heavy (non-hydrogen) atoms. The molecule has 0 saturated heterocycles. The van der Waals surface area contributed by atoms with Crippen molar-refractivity contribution in [2.24, 2.45) is 5.14 Å². The van der Waals surface area contributed by atoms with Crippen molar-refractivity contribution in [3.63, 3.8) is 0 Å². The second kappa shape index (κ2) is 6.01. The summed E-state index contributed by atoms with van der Waals surface area (Å²) in [7, 11) is -3.75. The summed E-state index contributed by atoms with van der Waals surface area (Å²) in [5.41, 5.74) is 0.949. The lowest BCUT2D eigenvalue weighted by Gasteiger charge is -2.11. The number of primary sulfonamides is 1. The first-order valence-corrected chi connectivity index (χ1v) is 7.90. The molecule has 0 bridgehead atoms. The molecule has 0 fully saturated rings. The number of aryl methyl sites for hydroxylation is 1. The summed E-state index contributed by atoms with van der Waals surface area (Å²) >= 11 is 5.67. The molecular weight excluding hydrogens is 317 g/mol. The van der Waals surface area contributed by atoms with Crippen LogP contribution in [0.1, 0.15) is 11.1 Å². The van der Waals surface area contributed by atoms with Crippen LogP contribution in [0.3, 0.4) is 0 Å². The summed E-state index contributed by atoms with van der Waals surface area (Å²) in [5.74, 6) is -0.00180. The van der Waals surface area contributed by atoms with Gasteiger partial charge in [-0.15, -0.1) is 0 Å². The average Bonchev–Trinajstić information content (AvgIpc) is 2.38. The maximum absolute atomic E-state index is 13.6. The van der Waals surface area contributed by atoms with E-state index in [1.54, 1.807) is 13.0 Å². The normalized spacial score (nSPS) is 11.4. The number of rotatable bonds is 4. The van der Waals surface area contributed by atoms with Crippen LogP contribution < -0.4 is 9.88 Å². The molecule has 2 aromatic carbocycles. The van der Waals surface area contributed by atoms with E-state index in [2.05, 4.69) is 0 Å². The highest BCUT2D eigenvalue weighted by atomic mass is 35.5. The van der Waals surface area contributed by atoms with Crippen LogP contribution in [0, 0.1) is 12.7 Å². The van der Waals surface area contributed by atoms with Crippen LogP contribution in [0.5, 0.6) is 5.75 Å². The monoisotopic (exact) mass is 329 g/mol. The first kappa shape index (κ1) is 15.8. The molecule has 7 heteroatoms. The van der Waals surface area contributed by atoms with Gasteiger partial charge in [0, 0.05) is 10.6 Å². The number of benzene rings is 2. The summed E-state index contributed by atoms with van der Waals surface area (Å²) in [4.78, 5) is 0.00465. The van der Waals surface area contributed by atoms with Crippen molar-refractivity contribution in [3.8, 4) is 5.75 Å². The maximum atomic E-state index is 13.6. The van der Waals surface area contributed by atoms with Crippen LogP contribution >= 0.6 is 11.6 Å². The van der Waals surface area contributed by atoms with Crippen LogP contribution in [-0.4, -0.2) is 8.42 Å². The lowest BCUT2D eigenvalue weighted by Crippen LogP contribution is -2.12. The number of hydrogen-bond donors (Lipinski definition) is 1. The quantitative estimate of drug-likeness (QED) is 0.937. The Kier molecular flexibility index (Phi) is 4.51. The van der Waals surface area contributed by atoms with Crippen LogP contribution in [0.4, 0.5) is 4.39 Å². The molecule has 112 valence electrons. The van der Waals surface area contributed by atoms with Crippen molar-refractivity contribution in [2.45, 2.75) is 18.4 Å². The van der Waals surface area contributed by atoms with Gasteiger partial charge in [0.2, 0.25) is 10.0 Å². The maximum Gasteiger partial charge on any atom is 0.238 e. The van der Waals surface area contributed by atoms with E-state index >= 15 is 0 Å². The van der Waals surface area contributed by atoms with Crippen molar-refractivity contribution in [1.29, 1.82) is 0 Å². The number of halogens is 2. The molecule has 0 radical (unpaired) electrons. The lowest BCUT2D eigenvalue weighted by molar-refractivity contribution is 0.297. The zero-order valence-corrected chi connectivity index (χ0v) is 12.7. The molecule has 2 rings (SSSR count). The topological polar surface area (TPSA) is 69.4 Å². The molecule has 0 aromatic heterocycles. The Balaban J connectivity index is 2.17. The van der Waals surface area contributed by atoms with Crippen molar-refractivity contribution in [3.05, 3.63) is 58.4 Å². The van der Waals surface area contributed by atoms with Crippen LogP contribution in [-0.2, 0) is 16.6 Å². The summed E-state index contributed by atoms with van der Waals surface area (Å²) in [5, 5.41) is 5.35. The van der Waals surface area contributed by atoms with E-state index in [9.17, 15) is 12.8 Å². The third kappa shape index (κ3) is 3.93. The molecule has 0 aliphatic carbocycles. The second-order valence-electron chi connectivity index (χ2n) is 4.50. The molecule has 2 N–H and O–H groups in total. The highest BCUT2D eigenvalue weighted by Crippen LogP contribution is 2.23. The van der Waals surface area contributed by atoms with Gasteiger partial charge in [-0.1, -0.05) is 17.7 Å². The molecule has 0 aliphatic heterocycles. The van der Waals surface area contributed by atoms with Gasteiger partial charge in [0.05, 0.1) is 4.90 Å². The van der Waals surface area contributed by atoms with E-state index in [-0.39, 0.29) is 11.5 Å². The molecule has 2 aromatic rings. The Bertz CT molecular complexity index is 778. The molecule has 4 nitrogen and oxygen atoms in total. The van der Waals surface area contributed by atoms with Crippen molar-refractivity contribution in [2.75, 3.05) is 0 Å². The Labute approximate surface area is 127 Å². The van der Waals surface area contributed by atoms with Gasteiger partial charge in [0.1, 0.15) is 18.2 Å². The number of sulfonamides is 1. The van der Waals surface area contributed by atoms with Gasteiger partial charge < -0.3 is 4.74 Å². The number of hydrogen-bond acceptors (Lipinski definition) is 3. The molecule has 0 spiro atoms. The summed E-state index contributed by atoms with van der Waals surface area (Å²) < 4.78 is 41.6. The Morgan fingerprint density at radius 3 is 2.52 bits per heavy atom. The molecule has 0 aliphatic rings. The van der Waals surface area contributed by atoms with Crippen LogP contribution in [0.25, 0.3) is 0 Å². The Morgan fingerprint density at radius 1 is 1.24 bits per heavy atom. The molecule has 0 saturated carbocycles. The molecule has 0 amide bonds. The zero-order chi connectivity index (χ0) is 15.6. The van der Waals surface area contributed by atoms with Gasteiger partial charge in [-0.2, -0.15) is 0 Å². The van der Waals surface area contributed by atoms with Gasteiger partial charge in [-0.05, 0) is 42.8 Å². The lowest BCUT2D eigenvalue weighted by atomic mass is 10.2. The van der Waals surface area contributed by atoms with Crippen LogP contribution in [0.2, 0.25) is 5.02 Å². The average molecular weight is 330 g/mol. The van der Waals surface area contributed by atoms with Crippen molar-refractivity contribution in [1.82, 2.24) is 0 Å². The van der Waals surface area contributed by atoms with Gasteiger partial charge in [-0.3, -0.25) is 0 Å². The summed E-state index contributed by atoms with van der Waals surface area (Å²) in [6, 6.07) is 8.55. The predicted molar refractivity (Wildman–Crippen MR) is 78.3 cm³/mol. The number of ether oxygens (including phenoxy) is 1. The van der Waals surface area contributed by atoms with E-state index in [0.29, 0.717) is 21.9 Å². The highest BCUT2D eigenvalue weighted by Gasteiger charge is 2.11. The standard InChI is InChI=1S/C14H13ClFNO3S/c1-9-6-12(21(17,18)19)4-5-14(9)20-8-10-2-3-11(15)7-13(10)16/h2-7H,8H2,1H3,(H2,17,18,19). The SMILES string of the molecule is Cc1cc(S(N)(=O)=O)ccc1OCc1ccc(Cl)cc1F. The largest absolute Gasteiger partial charge is 0.489 e. The third-order valence-electron chi connectivity index (χ3n) is 2.87. The Morgan fingerprint density at radius 2 is 1.95 bits per heavy atom. The minimum atomic E-state index is -3.75. The minimum absolute atomic E-state index is 0.00465. The van der Waals surface area contributed by atoms with Gasteiger partial charge in [0.25, 0.3) is 0 Å². The van der Waals surface area contributed by atoms with E-state index in [0.717, 1.165) is 0 Å². The van der Waals surface area contributed by atoms with Crippen LogP contribution in [0.15, 0.2) is 41.3 Å². The number of nitrogens with two attached hydrogens (primary N) is 1. The predicted octanol–water partition coefficient (Wildman–Crippen LogP) is 3.01.